The van der Waals surface area contributed by atoms with Crippen LogP contribution in [0.2, 0.25) is 0 Å². The van der Waals surface area contributed by atoms with Crippen LogP contribution < -0.4 is 4.74 Å². The van der Waals surface area contributed by atoms with E-state index in [1.165, 1.54) is 0 Å². The lowest BCUT2D eigenvalue weighted by Crippen LogP contribution is -2.02. The summed E-state index contributed by atoms with van der Waals surface area (Å²) in [7, 11) is 0. The molecule has 1 N–H and O–H groups in total. The second-order valence-electron chi connectivity index (χ2n) is 3.93. The molecule has 0 unspecified atom stereocenters. The van der Waals surface area contributed by atoms with E-state index in [1.54, 1.807) is 6.07 Å². The summed E-state index contributed by atoms with van der Waals surface area (Å²) in [5, 5.41) is 8.72. The Balaban J connectivity index is 2.69. The lowest BCUT2D eigenvalue weighted by atomic mass is 10.1. The van der Waals surface area contributed by atoms with E-state index in [-0.39, 0.29) is 6.42 Å². The number of hydrogen-bond donors (Lipinski definition) is 1. The van der Waals surface area contributed by atoms with E-state index in [1.807, 2.05) is 19.1 Å². The van der Waals surface area contributed by atoms with Gasteiger partial charge in [0.2, 0.25) is 0 Å². The van der Waals surface area contributed by atoms with Crippen LogP contribution in [-0.2, 0) is 11.2 Å². The van der Waals surface area contributed by atoms with Crippen molar-refractivity contribution in [2.24, 2.45) is 0 Å². The number of carboxylic acids is 1. The summed E-state index contributed by atoms with van der Waals surface area (Å²) in [6.45, 7) is 4.74. The SMILES string of the molecule is CCCCOc1cc(C)cc(CC(=O)O)c1. The lowest BCUT2D eigenvalue weighted by molar-refractivity contribution is -0.136. The molecule has 0 spiro atoms. The molecule has 0 bridgehead atoms. The highest BCUT2D eigenvalue weighted by Crippen LogP contribution is 2.17. The molecule has 1 aromatic rings. The molecule has 0 saturated heterocycles. The first-order valence-electron chi connectivity index (χ1n) is 5.57. The molecule has 16 heavy (non-hydrogen) atoms. The largest absolute Gasteiger partial charge is 0.494 e. The molecule has 88 valence electrons. The third kappa shape index (κ3) is 4.34. The zero-order valence-electron chi connectivity index (χ0n) is 9.82. The van der Waals surface area contributed by atoms with Crippen molar-refractivity contribution in [3.63, 3.8) is 0 Å². The first kappa shape index (κ1) is 12.6. The monoisotopic (exact) mass is 222 g/mol. The van der Waals surface area contributed by atoms with Crippen LogP contribution in [0.15, 0.2) is 18.2 Å². The van der Waals surface area contributed by atoms with Crippen molar-refractivity contribution >= 4 is 5.97 Å². The summed E-state index contributed by atoms with van der Waals surface area (Å²) >= 11 is 0. The molecule has 0 aliphatic rings. The summed E-state index contributed by atoms with van der Waals surface area (Å²) in [5.41, 5.74) is 1.82. The van der Waals surface area contributed by atoms with Crippen molar-refractivity contribution in [1.82, 2.24) is 0 Å². The van der Waals surface area contributed by atoms with E-state index >= 15 is 0 Å². The molecule has 0 aliphatic carbocycles. The number of benzene rings is 1. The Morgan fingerprint density at radius 1 is 1.38 bits per heavy atom. The van der Waals surface area contributed by atoms with Gasteiger partial charge in [-0.3, -0.25) is 4.79 Å². The molecule has 0 heterocycles. The first-order chi connectivity index (χ1) is 7.61. The molecule has 3 heteroatoms. The van der Waals surface area contributed by atoms with Crippen LogP contribution in [0.4, 0.5) is 0 Å². The zero-order chi connectivity index (χ0) is 12.0. The van der Waals surface area contributed by atoms with Gasteiger partial charge in [-0.05, 0) is 36.6 Å². The minimum Gasteiger partial charge on any atom is -0.494 e. The maximum atomic E-state index is 10.6. The lowest BCUT2D eigenvalue weighted by Gasteiger charge is -2.08. The van der Waals surface area contributed by atoms with Crippen LogP contribution in [0.3, 0.4) is 0 Å². The van der Waals surface area contributed by atoms with Gasteiger partial charge in [-0.2, -0.15) is 0 Å². The Bertz CT molecular complexity index is 358. The zero-order valence-corrected chi connectivity index (χ0v) is 9.82. The molecule has 0 fully saturated rings. The summed E-state index contributed by atoms with van der Waals surface area (Å²) in [6, 6.07) is 5.61. The predicted octanol–water partition coefficient (Wildman–Crippen LogP) is 2.80. The van der Waals surface area contributed by atoms with E-state index in [4.69, 9.17) is 9.84 Å². The molecule has 1 rings (SSSR count). The Hall–Kier alpha value is -1.51. The van der Waals surface area contributed by atoms with Gasteiger partial charge in [0.25, 0.3) is 0 Å². The first-order valence-corrected chi connectivity index (χ1v) is 5.57. The van der Waals surface area contributed by atoms with Crippen molar-refractivity contribution in [2.75, 3.05) is 6.61 Å². The molecule has 0 aliphatic heterocycles. The highest BCUT2D eigenvalue weighted by molar-refractivity contribution is 5.70. The Labute approximate surface area is 96.1 Å². The summed E-state index contributed by atoms with van der Waals surface area (Å²) in [4.78, 5) is 10.6. The second kappa shape index (κ2) is 6.16. The number of unbranched alkanes of at least 4 members (excludes halogenated alkanes) is 1. The van der Waals surface area contributed by atoms with Gasteiger partial charge in [-0.1, -0.05) is 19.4 Å². The van der Waals surface area contributed by atoms with Crippen LogP contribution in [0.1, 0.15) is 30.9 Å². The fourth-order valence-corrected chi connectivity index (χ4v) is 1.52. The van der Waals surface area contributed by atoms with E-state index in [2.05, 4.69) is 6.92 Å². The fourth-order valence-electron chi connectivity index (χ4n) is 1.52. The van der Waals surface area contributed by atoms with Crippen LogP contribution in [0.25, 0.3) is 0 Å². The number of aryl methyl sites for hydroxylation is 1. The normalized spacial score (nSPS) is 10.1. The average molecular weight is 222 g/mol. The van der Waals surface area contributed by atoms with Gasteiger partial charge in [-0.15, -0.1) is 0 Å². The molecular weight excluding hydrogens is 204 g/mol. The van der Waals surface area contributed by atoms with Gasteiger partial charge >= 0.3 is 5.97 Å². The van der Waals surface area contributed by atoms with Gasteiger partial charge < -0.3 is 9.84 Å². The smallest absolute Gasteiger partial charge is 0.307 e. The quantitative estimate of drug-likeness (QED) is 0.753. The van der Waals surface area contributed by atoms with Gasteiger partial charge in [0.15, 0.2) is 0 Å². The molecule has 1 aromatic carbocycles. The minimum atomic E-state index is -0.815. The maximum absolute atomic E-state index is 10.6. The van der Waals surface area contributed by atoms with Crippen molar-refractivity contribution in [3.05, 3.63) is 29.3 Å². The van der Waals surface area contributed by atoms with E-state index in [0.29, 0.717) is 6.61 Å². The summed E-state index contributed by atoms with van der Waals surface area (Å²) in [5.74, 6) is -0.0465. The predicted molar refractivity (Wildman–Crippen MR) is 62.9 cm³/mol. The van der Waals surface area contributed by atoms with Gasteiger partial charge in [0.05, 0.1) is 13.0 Å². The third-order valence-electron chi connectivity index (χ3n) is 2.23. The molecule has 0 saturated carbocycles. The fraction of sp³-hybridized carbons (Fsp3) is 0.462. The number of ether oxygens (including phenoxy) is 1. The number of carbonyl (C=O) groups is 1. The van der Waals surface area contributed by atoms with E-state index < -0.39 is 5.97 Å². The van der Waals surface area contributed by atoms with Gasteiger partial charge in [-0.25, -0.2) is 0 Å². The van der Waals surface area contributed by atoms with Gasteiger partial charge in [0.1, 0.15) is 5.75 Å². The standard InChI is InChI=1S/C13H18O3/c1-3-4-5-16-12-7-10(2)6-11(8-12)9-13(14)15/h6-8H,3-5,9H2,1-2H3,(H,14,15). The average Bonchev–Trinajstić information content (AvgIpc) is 2.16. The Morgan fingerprint density at radius 2 is 2.12 bits per heavy atom. The van der Waals surface area contributed by atoms with Crippen molar-refractivity contribution in [2.45, 2.75) is 33.1 Å². The van der Waals surface area contributed by atoms with Crippen molar-refractivity contribution in [1.29, 1.82) is 0 Å². The minimum absolute atomic E-state index is 0.0474. The second-order valence-corrected chi connectivity index (χ2v) is 3.93. The number of aliphatic carboxylic acids is 1. The van der Waals surface area contributed by atoms with E-state index in [0.717, 1.165) is 29.7 Å². The summed E-state index contributed by atoms with van der Waals surface area (Å²) in [6.07, 6.45) is 2.15. The van der Waals surface area contributed by atoms with Crippen molar-refractivity contribution in [3.8, 4) is 5.75 Å². The third-order valence-corrected chi connectivity index (χ3v) is 2.23. The topological polar surface area (TPSA) is 46.5 Å². The molecule has 0 aromatic heterocycles. The van der Waals surface area contributed by atoms with E-state index in [9.17, 15) is 4.79 Å². The maximum Gasteiger partial charge on any atom is 0.307 e. The number of hydrogen-bond acceptors (Lipinski definition) is 2. The highest BCUT2D eigenvalue weighted by atomic mass is 16.5. The summed E-state index contributed by atoms with van der Waals surface area (Å²) < 4.78 is 5.56. The van der Waals surface area contributed by atoms with Gasteiger partial charge in [0, 0.05) is 0 Å². The molecule has 0 radical (unpaired) electrons. The number of rotatable bonds is 6. The Morgan fingerprint density at radius 3 is 2.75 bits per heavy atom. The molecular formula is C13H18O3. The Kier molecular flexibility index (Phi) is 4.83. The molecule has 0 atom stereocenters. The number of carboxylic acid groups (broad SMARTS) is 1. The van der Waals surface area contributed by atoms with Crippen LogP contribution in [0, 0.1) is 6.92 Å². The van der Waals surface area contributed by atoms with Crippen LogP contribution >= 0.6 is 0 Å². The highest BCUT2D eigenvalue weighted by Gasteiger charge is 2.03. The molecule has 0 amide bonds. The van der Waals surface area contributed by atoms with Crippen molar-refractivity contribution < 1.29 is 14.6 Å². The molecule has 3 nitrogen and oxygen atoms in total. The van der Waals surface area contributed by atoms with Crippen LogP contribution in [0.5, 0.6) is 5.75 Å². The van der Waals surface area contributed by atoms with Crippen LogP contribution in [-0.4, -0.2) is 17.7 Å².